The molecule has 0 saturated carbocycles. The van der Waals surface area contributed by atoms with Crippen molar-refractivity contribution in [3.8, 4) is 12.3 Å². The molecule has 3 aromatic rings. The maximum absolute atomic E-state index is 14.0. The third-order valence-electron chi connectivity index (χ3n) is 3.03. The number of terminal acetylenes is 1. The van der Waals surface area contributed by atoms with Gasteiger partial charge in [0, 0.05) is 4.88 Å². The Morgan fingerprint density at radius 3 is 2.95 bits per heavy atom. The molecule has 0 spiro atoms. The van der Waals surface area contributed by atoms with Crippen molar-refractivity contribution in [2.75, 3.05) is 0 Å². The lowest BCUT2D eigenvalue weighted by Gasteiger charge is -2.00. The summed E-state index contributed by atoms with van der Waals surface area (Å²) in [7, 11) is 0. The van der Waals surface area contributed by atoms with Gasteiger partial charge >= 0.3 is 0 Å². The van der Waals surface area contributed by atoms with E-state index in [1.807, 2.05) is 17.5 Å². The summed E-state index contributed by atoms with van der Waals surface area (Å²) in [5.74, 6) is 1.85. The van der Waals surface area contributed by atoms with E-state index < -0.39 is 0 Å². The van der Waals surface area contributed by atoms with Crippen LogP contribution in [-0.2, 0) is 17.8 Å². The lowest BCUT2D eigenvalue weighted by molar-refractivity contribution is -0.117. The summed E-state index contributed by atoms with van der Waals surface area (Å²) in [6.45, 7) is 0.173. The minimum atomic E-state index is -0.365. The maximum atomic E-state index is 14.0. The molecule has 1 amide bonds. The molecule has 0 bridgehead atoms. The zero-order valence-corrected chi connectivity index (χ0v) is 13.1. The van der Waals surface area contributed by atoms with Crippen LogP contribution >= 0.6 is 22.7 Å². The molecular weight excluding hydrogens is 319 g/mol. The first-order chi connectivity index (χ1) is 10.7. The standard InChI is InChI=1S/C16H11FN2OS2/c1-2-8-19-15-12(17)6-3-7-13(15)22-16(19)18-14(20)10-11-5-4-9-21-11/h1,3-7,9H,8,10H2. The van der Waals surface area contributed by atoms with Crippen LogP contribution < -0.4 is 4.80 Å². The number of halogens is 1. The fourth-order valence-electron chi connectivity index (χ4n) is 2.12. The van der Waals surface area contributed by atoms with Gasteiger partial charge in [-0.05, 0) is 23.6 Å². The van der Waals surface area contributed by atoms with Crippen molar-refractivity contribution in [2.45, 2.75) is 13.0 Å². The first kappa shape index (κ1) is 14.7. The molecule has 0 aliphatic heterocycles. The van der Waals surface area contributed by atoms with E-state index in [0.29, 0.717) is 10.3 Å². The quantitative estimate of drug-likeness (QED) is 0.679. The predicted octanol–water partition coefficient (Wildman–Crippen LogP) is 3.21. The third kappa shape index (κ3) is 2.86. The number of carbonyl (C=O) groups is 1. The molecule has 0 N–H and O–H groups in total. The van der Waals surface area contributed by atoms with Crippen molar-refractivity contribution in [2.24, 2.45) is 4.99 Å². The number of benzene rings is 1. The number of fused-ring (bicyclic) bond motifs is 1. The molecule has 0 aliphatic carbocycles. The molecule has 0 fully saturated rings. The molecule has 110 valence electrons. The number of thiophene rings is 1. The first-order valence-electron chi connectivity index (χ1n) is 6.50. The summed E-state index contributed by atoms with van der Waals surface area (Å²) in [5.41, 5.74) is 0.396. The highest BCUT2D eigenvalue weighted by molar-refractivity contribution is 7.16. The van der Waals surface area contributed by atoms with E-state index in [4.69, 9.17) is 6.42 Å². The summed E-state index contributed by atoms with van der Waals surface area (Å²) in [4.78, 5) is 17.6. The maximum Gasteiger partial charge on any atom is 0.253 e. The Labute approximate surface area is 134 Å². The fourth-order valence-corrected chi connectivity index (χ4v) is 3.88. The van der Waals surface area contributed by atoms with Crippen LogP contribution in [0.3, 0.4) is 0 Å². The molecule has 2 aromatic heterocycles. The van der Waals surface area contributed by atoms with Crippen LogP contribution in [-0.4, -0.2) is 10.5 Å². The lowest BCUT2D eigenvalue weighted by atomic mass is 10.3. The van der Waals surface area contributed by atoms with Gasteiger partial charge in [0.05, 0.1) is 23.2 Å². The number of para-hydroxylation sites is 1. The molecule has 6 heteroatoms. The summed E-state index contributed by atoms with van der Waals surface area (Å²) in [5, 5.41) is 1.91. The molecular formula is C16H11FN2OS2. The zero-order valence-electron chi connectivity index (χ0n) is 11.5. The van der Waals surface area contributed by atoms with Gasteiger partial charge in [0.1, 0.15) is 5.82 Å². The molecule has 2 heterocycles. The van der Waals surface area contributed by atoms with Crippen LogP contribution in [0.5, 0.6) is 0 Å². The molecule has 0 aliphatic rings. The number of carbonyl (C=O) groups excluding carboxylic acids is 1. The molecule has 1 aromatic carbocycles. The average molecular weight is 330 g/mol. The molecule has 0 radical (unpaired) electrons. The number of amides is 1. The number of thiazole rings is 1. The van der Waals surface area contributed by atoms with E-state index in [1.165, 1.54) is 28.7 Å². The van der Waals surface area contributed by atoms with Gasteiger partial charge in [-0.3, -0.25) is 4.79 Å². The number of hydrogen-bond donors (Lipinski definition) is 0. The van der Waals surface area contributed by atoms with Crippen LogP contribution in [0.4, 0.5) is 4.39 Å². The number of rotatable bonds is 3. The van der Waals surface area contributed by atoms with Crippen molar-refractivity contribution >= 4 is 38.8 Å². The van der Waals surface area contributed by atoms with E-state index in [2.05, 4.69) is 10.9 Å². The monoisotopic (exact) mass is 330 g/mol. The molecule has 3 rings (SSSR count). The smallest absolute Gasteiger partial charge is 0.253 e. The van der Waals surface area contributed by atoms with E-state index in [-0.39, 0.29) is 24.7 Å². The summed E-state index contributed by atoms with van der Waals surface area (Å²) in [6.07, 6.45) is 5.60. The van der Waals surface area contributed by atoms with Gasteiger partial charge in [0.25, 0.3) is 5.91 Å². The van der Waals surface area contributed by atoms with Gasteiger partial charge in [0.15, 0.2) is 4.80 Å². The Bertz CT molecular complexity index is 929. The van der Waals surface area contributed by atoms with Crippen LogP contribution in [0, 0.1) is 18.2 Å². The second-order valence-electron chi connectivity index (χ2n) is 4.52. The van der Waals surface area contributed by atoms with Crippen molar-refractivity contribution in [3.05, 3.63) is 51.2 Å². The second-order valence-corrected chi connectivity index (χ2v) is 6.56. The Morgan fingerprint density at radius 2 is 2.23 bits per heavy atom. The highest BCUT2D eigenvalue weighted by atomic mass is 32.1. The summed E-state index contributed by atoms with van der Waals surface area (Å²) >= 11 is 2.77. The van der Waals surface area contributed by atoms with Crippen molar-refractivity contribution < 1.29 is 9.18 Å². The predicted molar refractivity (Wildman–Crippen MR) is 87.2 cm³/mol. The normalized spacial score (nSPS) is 11.7. The van der Waals surface area contributed by atoms with Crippen LogP contribution in [0.25, 0.3) is 10.2 Å². The van der Waals surface area contributed by atoms with Crippen molar-refractivity contribution in [1.29, 1.82) is 0 Å². The largest absolute Gasteiger partial charge is 0.302 e. The minimum Gasteiger partial charge on any atom is -0.302 e. The molecule has 3 nitrogen and oxygen atoms in total. The van der Waals surface area contributed by atoms with Crippen LogP contribution in [0.15, 0.2) is 40.7 Å². The fraction of sp³-hybridized carbons (Fsp3) is 0.125. The van der Waals surface area contributed by atoms with Crippen molar-refractivity contribution in [1.82, 2.24) is 4.57 Å². The van der Waals surface area contributed by atoms with Crippen LogP contribution in [0.1, 0.15) is 4.88 Å². The van der Waals surface area contributed by atoms with Gasteiger partial charge in [0.2, 0.25) is 0 Å². The van der Waals surface area contributed by atoms with Crippen molar-refractivity contribution in [3.63, 3.8) is 0 Å². The molecule has 0 atom stereocenters. The minimum absolute atomic E-state index is 0.173. The Balaban J connectivity index is 2.08. The Kier molecular flexibility index (Phi) is 4.18. The molecule has 0 saturated heterocycles. The van der Waals surface area contributed by atoms with Gasteiger partial charge in [-0.2, -0.15) is 4.99 Å². The third-order valence-corrected chi connectivity index (χ3v) is 4.95. The highest BCUT2D eigenvalue weighted by Crippen LogP contribution is 2.20. The Hall–Kier alpha value is -2.23. The van der Waals surface area contributed by atoms with Gasteiger partial charge in [-0.15, -0.1) is 17.8 Å². The van der Waals surface area contributed by atoms with Gasteiger partial charge in [-0.1, -0.05) is 29.4 Å². The molecule has 0 unspecified atom stereocenters. The van der Waals surface area contributed by atoms with E-state index in [0.717, 1.165) is 9.58 Å². The summed E-state index contributed by atoms with van der Waals surface area (Å²) < 4.78 is 16.3. The average Bonchev–Trinajstić information content (AvgIpc) is 3.09. The highest BCUT2D eigenvalue weighted by Gasteiger charge is 2.11. The summed E-state index contributed by atoms with van der Waals surface area (Å²) in [6, 6.07) is 8.57. The van der Waals surface area contributed by atoms with E-state index >= 15 is 0 Å². The van der Waals surface area contributed by atoms with Crippen LogP contribution in [0.2, 0.25) is 0 Å². The van der Waals surface area contributed by atoms with E-state index in [1.54, 1.807) is 16.7 Å². The SMILES string of the molecule is C#CCn1c(=NC(=O)Cc2cccs2)sc2cccc(F)c21. The number of hydrogen-bond acceptors (Lipinski definition) is 3. The first-order valence-corrected chi connectivity index (χ1v) is 8.20. The topological polar surface area (TPSA) is 34.4 Å². The van der Waals surface area contributed by atoms with Gasteiger partial charge < -0.3 is 4.57 Å². The lowest BCUT2D eigenvalue weighted by Crippen LogP contribution is -2.17. The zero-order chi connectivity index (χ0) is 15.5. The number of nitrogens with zero attached hydrogens (tertiary/aromatic N) is 2. The van der Waals surface area contributed by atoms with E-state index in [9.17, 15) is 9.18 Å². The number of aromatic nitrogens is 1. The van der Waals surface area contributed by atoms with Gasteiger partial charge in [-0.25, -0.2) is 4.39 Å². The second kappa shape index (κ2) is 6.26. The Morgan fingerprint density at radius 1 is 1.36 bits per heavy atom. The molecule has 22 heavy (non-hydrogen) atoms.